The molecule has 2 unspecified atom stereocenters. The third-order valence-electron chi connectivity index (χ3n) is 7.44. The summed E-state index contributed by atoms with van der Waals surface area (Å²) in [6, 6.07) is 13.7. The smallest absolute Gasteiger partial charge is 0.205 e. The molecule has 0 bridgehead atoms. The average molecular weight is 504 g/mol. The van der Waals surface area contributed by atoms with Crippen LogP contribution in [0.2, 0.25) is 0 Å². The summed E-state index contributed by atoms with van der Waals surface area (Å²) in [7, 11) is 4.69. The summed E-state index contributed by atoms with van der Waals surface area (Å²) < 4.78 is 22.8. The Hall–Kier alpha value is -3.71. The zero-order valence-electron chi connectivity index (χ0n) is 21.5. The fraction of sp³-hybridized carbons (Fsp3) is 0.367. The van der Waals surface area contributed by atoms with Gasteiger partial charge in [-0.15, -0.1) is 0 Å². The highest BCUT2D eigenvalue weighted by molar-refractivity contribution is 6.04. The van der Waals surface area contributed by atoms with Gasteiger partial charge in [0.25, 0.3) is 0 Å². The van der Waals surface area contributed by atoms with Crippen molar-refractivity contribution in [3.05, 3.63) is 76.7 Å². The van der Waals surface area contributed by atoms with Crippen LogP contribution < -0.4 is 14.2 Å². The minimum atomic E-state index is -0.358. The van der Waals surface area contributed by atoms with E-state index in [-0.39, 0.29) is 24.2 Å². The van der Waals surface area contributed by atoms with Crippen LogP contribution in [0.5, 0.6) is 17.2 Å². The number of aliphatic hydroxyl groups is 1. The summed E-state index contributed by atoms with van der Waals surface area (Å²) in [4.78, 5) is 17.3. The van der Waals surface area contributed by atoms with E-state index in [4.69, 9.17) is 18.9 Å². The second-order valence-electron chi connectivity index (χ2n) is 9.55. The molecule has 5 rings (SSSR count). The molecule has 0 spiro atoms. The number of nitrogens with one attached hydrogen (secondary N) is 1. The minimum absolute atomic E-state index is 0.00353. The average Bonchev–Trinajstić information content (AvgIpc) is 3.38. The van der Waals surface area contributed by atoms with Gasteiger partial charge in [0.05, 0.1) is 44.2 Å². The molecule has 37 heavy (non-hydrogen) atoms. The molecule has 1 heterocycles. The highest BCUT2D eigenvalue weighted by atomic mass is 16.5. The Bertz CT molecular complexity index is 1350. The maximum atomic E-state index is 14.0. The van der Waals surface area contributed by atoms with Crippen LogP contribution in [-0.4, -0.2) is 43.8 Å². The van der Waals surface area contributed by atoms with Crippen LogP contribution in [-0.2, 0) is 11.3 Å². The maximum Gasteiger partial charge on any atom is 0.205 e. The van der Waals surface area contributed by atoms with Crippen LogP contribution >= 0.6 is 0 Å². The number of aromatic nitrogens is 1. The monoisotopic (exact) mass is 503 g/mol. The van der Waals surface area contributed by atoms with Gasteiger partial charge in [-0.25, -0.2) is 0 Å². The van der Waals surface area contributed by atoms with Gasteiger partial charge in [-0.3, -0.25) is 4.79 Å². The van der Waals surface area contributed by atoms with Gasteiger partial charge in [0.2, 0.25) is 5.75 Å². The lowest BCUT2D eigenvalue weighted by Crippen LogP contribution is -2.28. The number of H-pyrrole nitrogens is 1. The van der Waals surface area contributed by atoms with Crippen molar-refractivity contribution >= 4 is 16.7 Å². The number of methoxy groups -OCH3 is 3. The van der Waals surface area contributed by atoms with Crippen molar-refractivity contribution in [1.29, 1.82) is 0 Å². The first-order valence-electron chi connectivity index (χ1n) is 12.6. The standard InChI is InChI=1S/C30H33NO6/c1-34-26-13-20-12-25(31-27(20)30(36-3)29(26)35-2)28(33)24-15-21(37-17-18-8-5-4-6-9-18)14-23-19(16-32)10-7-11-22(23)24/h4-6,8-9,12-14,19,24,31-32H,7,10-11,15-17H2,1-3H3. The van der Waals surface area contributed by atoms with E-state index in [9.17, 15) is 9.90 Å². The number of hydrogen-bond acceptors (Lipinski definition) is 6. The molecule has 0 radical (unpaired) electrons. The molecule has 1 aromatic heterocycles. The molecule has 0 aliphatic heterocycles. The van der Waals surface area contributed by atoms with Crippen molar-refractivity contribution in [2.24, 2.45) is 11.8 Å². The second-order valence-corrected chi connectivity index (χ2v) is 9.55. The molecule has 0 amide bonds. The zero-order valence-corrected chi connectivity index (χ0v) is 21.5. The molecule has 2 atom stereocenters. The van der Waals surface area contributed by atoms with E-state index in [2.05, 4.69) is 11.1 Å². The number of aliphatic hydroxyl groups excluding tert-OH is 1. The summed E-state index contributed by atoms with van der Waals surface area (Å²) in [5, 5.41) is 10.9. The largest absolute Gasteiger partial charge is 0.493 e. The number of ketones is 1. The fourth-order valence-corrected chi connectivity index (χ4v) is 5.60. The molecule has 2 aliphatic rings. The number of benzene rings is 2. The number of hydrogen-bond donors (Lipinski definition) is 2. The van der Waals surface area contributed by atoms with Gasteiger partial charge in [0.1, 0.15) is 6.61 Å². The molecule has 7 heteroatoms. The maximum absolute atomic E-state index is 14.0. The molecule has 3 aromatic rings. The van der Waals surface area contributed by atoms with Crippen molar-refractivity contribution in [2.45, 2.75) is 32.3 Å². The predicted octanol–water partition coefficient (Wildman–Crippen LogP) is 5.59. The quantitative estimate of drug-likeness (QED) is 0.370. The highest BCUT2D eigenvalue weighted by Gasteiger charge is 2.36. The van der Waals surface area contributed by atoms with Gasteiger partial charge >= 0.3 is 0 Å². The first-order valence-corrected chi connectivity index (χ1v) is 12.6. The topological polar surface area (TPSA) is 90.0 Å². The van der Waals surface area contributed by atoms with Crippen LogP contribution in [0.3, 0.4) is 0 Å². The molecule has 194 valence electrons. The Kier molecular flexibility index (Phi) is 7.24. The Morgan fingerprint density at radius 2 is 1.84 bits per heavy atom. The van der Waals surface area contributed by atoms with Crippen molar-refractivity contribution in [2.75, 3.05) is 27.9 Å². The van der Waals surface area contributed by atoms with E-state index in [0.717, 1.165) is 47.1 Å². The summed E-state index contributed by atoms with van der Waals surface area (Å²) >= 11 is 0. The fourth-order valence-electron chi connectivity index (χ4n) is 5.60. The lowest BCUT2D eigenvalue weighted by atomic mass is 9.72. The SMILES string of the molecule is COc1cc2cc(C(=O)C3CC(OCc4ccccc4)=CC4=C3CCCC4CO)[nH]c2c(OC)c1OC. The Morgan fingerprint density at radius 3 is 2.54 bits per heavy atom. The number of aromatic amines is 1. The number of carbonyl (C=O) groups is 1. The minimum Gasteiger partial charge on any atom is -0.493 e. The van der Waals surface area contributed by atoms with E-state index < -0.39 is 0 Å². The van der Waals surface area contributed by atoms with Gasteiger partial charge < -0.3 is 29.0 Å². The van der Waals surface area contributed by atoms with Gasteiger partial charge in [-0.05, 0) is 48.6 Å². The first kappa shape index (κ1) is 25.0. The molecule has 0 saturated heterocycles. The number of ether oxygens (including phenoxy) is 4. The lowest BCUT2D eigenvalue weighted by Gasteiger charge is -2.34. The summed E-state index contributed by atoms with van der Waals surface area (Å²) in [6.45, 7) is 0.495. The van der Waals surface area contributed by atoms with Crippen molar-refractivity contribution < 1.29 is 28.8 Å². The molecule has 2 N–H and O–H groups in total. The molecule has 0 fully saturated rings. The number of allylic oxidation sites excluding steroid dienone is 3. The lowest BCUT2D eigenvalue weighted by molar-refractivity contribution is 0.0903. The summed E-state index contributed by atoms with van der Waals surface area (Å²) in [6.07, 6.45) is 5.25. The highest BCUT2D eigenvalue weighted by Crippen LogP contribution is 2.45. The van der Waals surface area contributed by atoms with Crippen molar-refractivity contribution in [1.82, 2.24) is 4.98 Å². The van der Waals surface area contributed by atoms with E-state index in [1.807, 2.05) is 42.5 Å². The van der Waals surface area contributed by atoms with Crippen LogP contribution in [0.1, 0.15) is 41.7 Å². The van der Waals surface area contributed by atoms with Crippen molar-refractivity contribution in [3.63, 3.8) is 0 Å². The van der Waals surface area contributed by atoms with Crippen LogP contribution in [0.25, 0.3) is 10.9 Å². The van der Waals surface area contributed by atoms with Gasteiger partial charge in [-0.1, -0.05) is 35.9 Å². The summed E-state index contributed by atoms with van der Waals surface area (Å²) in [5.41, 5.74) is 4.41. The Balaban J connectivity index is 1.51. The Labute approximate surface area is 216 Å². The number of Topliss-reactive ketones (excluding diaryl/α,β-unsaturated/α-hetero) is 1. The molecule has 7 nitrogen and oxygen atoms in total. The van der Waals surface area contributed by atoms with E-state index in [0.29, 0.717) is 41.5 Å². The molecular weight excluding hydrogens is 470 g/mol. The van der Waals surface area contributed by atoms with Crippen LogP contribution in [0.15, 0.2) is 65.4 Å². The molecule has 2 aromatic carbocycles. The van der Waals surface area contributed by atoms with Gasteiger partial charge in [0.15, 0.2) is 17.3 Å². The third-order valence-corrected chi connectivity index (χ3v) is 7.44. The zero-order chi connectivity index (χ0) is 25.9. The van der Waals surface area contributed by atoms with Crippen LogP contribution in [0, 0.1) is 11.8 Å². The molecular formula is C30H33NO6. The summed E-state index contributed by atoms with van der Waals surface area (Å²) in [5.74, 6) is 1.93. The Morgan fingerprint density at radius 1 is 1.05 bits per heavy atom. The number of rotatable bonds is 9. The van der Waals surface area contributed by atoms with Crippen molar-refractivity contribution in [3.8, 4) is 17.2 Å². The second kappa shape index (κ2) is 10.7. The first-order chi connectivity index (χ1) is 18.1. The number of carbonyl (C=O) groups excluding carboxylic acids is 1. The van der Waals surface area contributed by atoms with Gasteiger partial charge in [0, 0.05) is 24.3 Å². The van der Waals surface area contributed by atoms with E-state index in [1.54, 1.807) is 21.3 Å². The molecule has 0 saturated carbocycles. The number of fused-ring (bicyclic) bond motifs is 1. The van der Waals surface area contributed by atoms with E-state index >= 15 is 0 Å². The van der Waals surface area contributed by atoms with Crippen LogP contribution in [0.4, 0.5) is 0 Å². The normalized spacial score (nSPS) is 19.3. The predicted molar refractivity (Wildman–Crippen MR) is 141 cm³/mol. The third kappa shape index (κ3) is 4.71. The molecule has 2 aliphatic carbocycles. The van der Waals surface area contributed by atoms with Gasteiger partial charge in [-0.2, -0.15) is 0 Å². The van der Waals surface area contributed by atoms with E-state index in [1.165, 1.54) is 0 Å².